The van der Waals surface area contributed by atoms with Gasteiger partial charge in [0.05, 0.1) is 17.9 Å². The summed E-state index contributed by atoms with van der Waals surface area (Å²) >= 11 is 0. The molecule has 0 aliphatic heterocycles. The zero-order valence-electron chi connectivity index (χ0n) is 11.6. The second kappa shape index (κ2) is 4.75. The lowest BCUT2D eigenvalue weighted by molar-refractivity contribution is 0.0770. The van der Waals surface area contributed by atoms with Gasteiger partial charge in [-0.1, -0.05) is 0 Å². The fourth-order valence-electron chi connectivity index (χ4n) is 1.94. The third-order valence-electron chi connectivity index (χ3n) is 3.12. The van der Waals surface area contributed by atoms with E-state index in [1.807, 2.05) is 17.8 Å². The molecule has 2 aromatic heterocycles. The summed E-state index contributed by atoms with van der Waals surface area (Å²) in [6, 6.07) is 0. The Balaban J connectivity index is 2.22. The van der Waals surface area contributed by atoms with Crippen molar-refractivity contribution in [3.05, 3.63) is 29.6 Å². The van der Waals surface area contributed by atoms with E-state index in [4.69, 9.17) is 5.73 Å². The first kappa shape index (κ1) is 13.1. The smallest absolute Gasteiger partial charge is 0.274 e. The number of aromatic nitrogens is 4. The third kappa shape index (κ3) is 2.31. The van der Waals surface area contributed by atoms with Gasteiger partial charge in [-0.15, -0.1) is 0 Å². The van der Waals surface area contributed by atoms with E-state index in [0.29, 0.717) is 23.6 Å². The van der Waals surface area contributed by atoms with Gasteiger partial charge in [0, 0.05) is 33.5 Å². The number of imidazole rings is 1. The highest BCUT2D eigenvalue weighted by molar-refractivity contribution is 5.97. The van der Waals surface area contributed by atoms with Crippen LogP contribution in [0.25, 0.3) is 0 Å². The Bertz CT molecular complexity index is 612. The van der Waals surface area contributed by atoms with E-state index in [-0.39, 0.29) is 5.91 Å². The van der Waals surface area contributed by atoms with Crippen molar-refractivity contribution >= 4 is 11.6 Å². The van der Waals surface area contributed by atoms with E-state index in [0.717, 1.165) is 5.82 Å². The van der Waals surface area contributed by atoms with Crippen LogP contribution in [0.3, 0.4) is 0 Å². The van der Waals surface area contributed by atoms with Gasteiger partial charge in [0.2, 0.25) is 0 Å². The number of carbonyl (C=O) groups is 1. The van der Waals surface area contributed by atoms with Crippen LogP contribution in [0, 0.1) is 6.92 Å². The van der Waals surface area contributed by atoms with Crippen LogP contribution < -0.4 is 5.73 Å². The van der Waals surface area contributed by atoms with E-state index in [2.05, 4.69) is 10.1 Å². The maximum absolute atomic E-state index is 12.4. The normalized spacial score (nSPS) is 10.7. The highest BCUT2D eigenvalue weighted by atomic mass is 16.2. The van der Waals surface area contributed by atoms with Gasteiger partial charge in [0.15, 0.2) is 0 Å². The van der Waals surface area contributed by atoms with Gasteiger partial charge < -0.3 is 15.2 Å². The number of carbonyl (C=O) groups excluding carboxylic acids is 1. The van der Waals surface area contributed by atoms with Crippen LogP contribution >= 0.6 is 0 Å². The summed E-state index contributed by atoms with van der Waals surface area (Å²) in [5, 5.41) is 4.15. The Labute approximate surface area is 111 Å². The molecule has 7 nitrogen and oxygen atoms in total. The molecule has 0 aliphatic rings. The minimum atomic E-state index is -0.163. The van der Waals surface area contributed by atoms with Crippen molar-refractivity contribution in [1.29, 1.82) is 0 Å². The second-order valence-corrected chi connectivity index (χ2v) is 4.59. The minimum Gasteiger partial charge on any atom is -0.395 e. The molecule has 2 rings (SSSR count). The number of nitrogens with zero attached hydrogens (tertiary/aromatic N) is 5. The number of nitrogens with two attached hydrogens (primary N) is 1. The predicted octanol–water partition coefficient (Wildman–Crippen LogP) is 0.316. The molecule has 102 valence electrons. The molecule has 0 radical (unpaired) electrons. The maximum atomic E-state index is 12.4. The maximum Gasteiger partial charge on any atom is 0.274 e. The average molecular weight is 262 g/mol. The molecule has 0 aliphatic carbocycles. The van der Waals surface area contributed by atoms with Crippen LogP contribution in [-0.2, 0) is 20.6 Å². The Hall–Kier alpha value is -2.31. The van der Waals surface area contributed by atoms with Gasteiger partial charge in [0.1, 0.15) is 11.5 Å². The van der Waals surface area contributed by atoms with Gasteiger partial charge in [-0.25, -0.2) is 4.98 Å². The van der Waals surface area contributed by atoms with Crippen LogP contribution in [0.2, 0.25) is 0 Å². The monoisotopic (exact) mass is 262 g/mol. The van der Waals surface area contributed by atoms with Crippen LogP contribution in [0.1, 0.15) is 22.0 Å². The van der Waals surface area contributed by atoms with Crippen LogP contribution in [0.4, 0.5) is 5.69 Å². The lowest BCUT2D eigenvalue weighted by Gasteiger charge is -2.17. The summed E-state index contributed by atoms with van der Waals surface area (Å²) in [5.41, 5.74) is 7.40. The summed E-state index contributed by atoms with van der Waals surface area (Å²) < 4.78 is 3.39. The molecule has 2 heterocycles. The lowest BCUT2D eigenvalue weighted by Crippen LogP contribution is -2.29. The Kier molecular flexibility index (Phi) is 3.28. The number of rotatable bonds is 3. The molecule has 7 heteroatoms. The van der Waals surface area contributed by atoms with Gasteiger partial charge in [-0.3, -0.25) is 9.48 Å². The summed E-state index contributed by atoms with van der Waals surface area (Å²) in [5.74, 6) is 0.650. The predicted molar refractivity (Wildman–Crippen MR) is 71.4 cm³/mol. The standard InChI is InChI=1S/C12H18N6O/c1-8-10(13)11(18(4)15-8)12(19)17(3)7-9-14-5-6-16(9)2/h5-6H,7,13H2,1-4H3. The average Bonchev–Trinajstić information content (AvgIpc) is 2.84. The van der Waals surface area contributed by atoms with Gasteiger partial charge >= 0.3 is 0 Å². The van der Waals surface area contributed by atoms with E-state index < -0.39 is 0 Å². The first-order valence-corrected chi connectivity index (χ1v) is 5.92. The molecule has 0 atom stereocenters. The zero-order chi connectivity index (χ0) is 14.2. The Morgan fingerprint density at radius 2 is 2.16 bits per heavy atom. The first-order valence-electron chi connectivity index (χ1n) is 5.92. The number of hydrogen-bond acceptors (Lipinski definition) is 4. The first-order chi connectivity index (χ1) is 8.91. The quantitative estimate of drug-likeness (QED) is 0.863. The van der Waals surface area contributed by atoms with Gasteiger partial charge in [0.25, 0.3) is 5.91 Å². The molecule has 2 aromatic rings. The van der Waals surface area contributed by atoms with Gasteiger partial charge in [-0.05, 0) is 6.92 Å². The number of hydrogen-bond donors (Lipinski definition) is 1. The van der Waals surface area contributed by atoms with Crippen molar-refractivity contribution in [1.82, 2.24) is 24.2 Å². The molecular weight excluding hydrogens is 244 g/mol. The van der Waals surface area contributed by atoms with Crippen LogP contribution in [0.15, 0.2) is 12.4 Å². The Morgan fingerprint density at radius 3 is 2.63 bits per heavy atom. The molecule has 1 amide bonds. The molecule has 0 saturated carbocycles. The van der Waals surface area contributed by atoms with Crippen LogP contribution in [-0.4, -0.2) is 37.2 Å². The second-order valence-electron chi connectivity index (χ2n) is 4.59. The molecule has 0 spiro atoms. The van der Waals surface area contributed by atoms with Crippen molar-refractivity contribution in [3.63, 3.8) is 0 Å². The topological polar surface area (TPSA) is 82.0 Å². The van der Waals surface area contributed by atoms with E-state index in [9.17, 15) is 4.79 Å². The minimum absolute atomic E-state index is 0.163. The number of nitrogen functional groups attached to an aromatic ring is 1. The number of amides is 1. The molecule has 0 aromatic carbocycles. The molecule has 0 saturated heterocycles. The fourth-order valence-corrected chi connectivity index (χ4v) is 1.94. The summed E-state index contributed by atoms with van der Waals surface area (Å²) in [4.78, 5) is 18.2. The molecule has 2 N–H and O–H groups in total. The van der Waals surface area contributed by atoms with Crippen molar-refractivity contribution in [3.8, 4) is 0 Å². The van der Waals surface area contributed by atoms with Crippen molar-refractivity contribution < 1.29 is 4.79 Å². The molecule has 0 fully saturated rings. The Morgan fingerprint density at radius 1 is 1.47 bits per heavy atom. The fraction of sp³-hybridized carbons (Fsp3) is 0.417. The zero-order valence-corrected chi connectivity index (χ0v) is 11.6. The van der Waals surface area contributed by atoms with E-state index >= 15 is 0 Å². The largest absolute Gasteiger partial charge is 0.395 e. The summed E-state index contributed by atoms with van der Waals surface area (Å²) in [6.45, 7) is 2.21. The molecule has 0 bridgehead atoms. The van der Waals surface area contributed by atoms with Crippen LogP contribution in [0.5, 0.6) is 0 Å². The molecule has 0 unspecified atom stereocenters. The number of aryl methyl sites for hydroxylation is 3. The van der Waals surface area contributed by atoms with Crippen molar-refractivity contribution in [2.75, 3.05) is 12.8 Å². The van der Waals surface area contributed by atoms with Gasteiger partial charge in [-0.2, -0.15) is 5.10 Å². The summed E-state index contributed by atoms with van der Waals surface area (Å²) in [7, 11) is 5.33. The summed E-state index contributed by atoms with van der Waals surface area (Å²) in [6.07, 6.45) is 3.55. The van der Waals surface area contributed by atoms with Crippen molar-refractivity contribution in [2.24, 2.45) is 14.1 Å². The lowest BCUT2D eigenvalue weighted by atomic mass is 10.2. The molecular formula is C12H18N6O. The SMILES string of the molecule is Cc1nn(C)c(C(=O)N(C)Cc2nccn2C)c1N. The third-order valence-corrected chi connectivity index (χ3v) is 3.12. The molecule has 19 heavy (non-hydrogen) atoms. The highest BCUT2D eigenvalue weighted by Gasteiger charge is 2.22. The highest BCUT2D eigenvalue weighted by Crippen LogP contribution is 2.17. The van der Waals surface area contributed by atoms with E-state index in [1.54, 1.807) is 32.1 Å². The van der Waals surface area contributed by atoms with E-state index in [1.165, 1.54) is 4.68 Å². The van der Waals surface area contributed by atoms with Crippen molar-refractivity contribution in [2.45, 2.75) is 13.5 Å². The number of anilines is 1.